The molecule has 0 bridgehead atoms. The van der Waals surface area contributed by atoms with Gasteiger partial charge in [0.15, 0.2) is 0 Å². The summed E-state index contributed by atoms with van der Waals surface area (Å²) in [6.07, 6.45) is 0. The first kappa shape index (κ1) is 20.5. The molecular weight excluding hydrogens is 399 g/mol. The van der Waals surface area contributed by atoms with Gasteiger partial charge in [-0.15, -0.1) is 0 Å². The molecule has 0 saturated carbocycles. The average molecular weight is 407 g/mol. The Balaban J connectivity index is -0.000000333. The molecule has 13 heavy (non-hydrogen) atoms. The third-order valence-electron chi connectivity index (χ3n) is 1.27. The fourth-order valence-electron chi connectivity index (χ4n) is 0.666. The van der Waals surface area contributed by atoms with E-state index in [1.165, 1.54) is 6.07 Å². The molecule has 1 aromatic heterocycles. The normalized spacial score (nSPS) is 7.54. The van der Waals surface area contributed by atoms with Gasteiger partial charge >= 0.3 is 0 Å². The Morgan fingerprint density at radius 1 is 1.46 bits per heavy atom. The Bertz CT molecular complexity index is 289. The van der Waals surface area contributed by atoms with Crippen molar-refractivity contribution in [3.05, 3.63) is 27.7 Å². The van der Waals surface area contributed by atoms with Crippen LogP contribution in [0.4, 0.5) is 0 Å². The number of H-pyrrole nitrogens is 1. The van der Waals surface area contributed by atoms with Crippen LogP contribution in [0.3, 0.4) is 0 Å². The van der Waals surface area contributed by atoms with E-state index in [2.05, 4.69) is 10.2 Å². The van der Waals surface area contributed by atoms with Gasteiger partial charge in [0.2, 0.25) is 0 Å². The molecule has 2 N–H and O–H groups in total. The van der Waals surface area contributed by atoms with Crippen molar-refractivity contribution in [2.45, 2.75) is 13.5 Å². The Morgan fingerprint density at radius 3 is 2.38 bits per heavy atom. The van der Waals surface area contributed by atoms with E-state index in [1.807, 2.05) is 0 Å². The summed E-state index contributed by atoms with van der Waals surface area (Å²) in [5, 5.41) is 14.6. The quantitative estimate of drug-likeness (QED) is 0.665. The molecule has 1 aromatic rings. The molecular formula is C6H8N2O2Y3. The van der Waals surface area contributed by atoms with Crippen LogP contribution in [-0.4, -0.2) is 15.3 Å². The third-order valence-corrected chi connectivity index (χ3v) is 1.27. The number of aromatic amines is 1. The molecule has 0 unspecified atom stereocenters. The van der Waals surface area contributed by atoms with Crippen LogP contribution >= 0.6 is 0 Å². The zero-order chi connectivity index (χ0) is 7.56. The van der Waals surface area contributed by atoms with Crippen LogP contribution in [0.15, 0.2) is 10.9 Å². The van der Waals surface area contributed by atoms with Crippen LogP contribution in [0.25, 0.3) is 0 Å². The summed E-state index contributed by atoms with van der Waals surface area (Å²) < 4.78 is 0. The second-order valence-electron chi connectivity index (χ2n) is 2.00. The van der Waals surface area contributed by atoms with E-state index < -0.39 is 0 Å². The molecule has 0 atom stereocenters. The van der Waals surface area contributed by atoms with Gasteiger partial charge in [-0.3, -0.25) is 4.79 Å². The van der Waals surface area contributed by atoms with Gasteiger partial charge < -0.3 is 5.11 Å². The second kappa shape index (κ2) is 10.7. The van der Waals surface area contributed by atoms with Crippen molar-refractivity contribution < 1.29 is 103 Å². The van der Waals surface area contributed by atoms with E-state index in [0.29, 0.717) is 11.3 Å². The maximum atomic E-state index is 10.6. The number of rotatable bonds is 1. The van der Waals surface area contributed by atoms with Gasteiger partial charge in [0.25, 0.3) is 5.56 Å². The molecule has 63 valence electrons. The summed E-state index contributed by atoms with van der Waals surface area (Å²) in [5.41, 5.74) is 0.945. The van der Waals surface area contributed by atoms with Crippen molar-refractivity contribution in [2.75, 3.05) is 0 Å². The summed E-state index contributed by atoms with van der Waals surface area (Å²) in [7, 11) is 0. The number of aliphatic hydroxyl groups excluding tert-OH is 1. The van der Waals surface area contributed by atoms with Gasteiger partial charge in [-0.2, -0.15) is 5.10 Å². The van der Waals surface area contributed by atoms with Crippen LogP contribution in [0.5, 0.6) is 0 Å². The number of aliphatic hydroxyl groups is 1. The third kappa shape index (κ3) is 7.10. The van der Waals surface area contributed by atoms with E-state index in [1.54, 1.807) is 6.92 Å². The molecule has 0 amide bonds. The van der Waals surface area contributed by atoms with Crippen molar-refractivity contribution in [3.8, 4) is 0 Å². The Hall–Kier alpha value is 2.15. The van der Waals surface area contributed by atoms with Crippen molar-refractivity contribution in [3.63, 3.8) is 0 Å². The fourth-order valence-corrected chi connectivity index (χ4v) is 0.666. The maximum Gasteiger partial charge on any atom is 0.264 e. The largest absolute Gasteiger partial charge is 0.392 e. The SMILES string of the molecule is Cc1n[nH]c(=O)cc1CO.[Y].[Y].[Y]. The first-order chi connectivity index (χ1) is 4.74. The zero-order valence-corrected chi connectivity index (χ0v) is 15.8. The Labute approximate surface area is 152 Å². The molecule has 1 heterocycles. The van der Waals surface area contributed by atoms with Crippen LogP contribution < -0.4 is 5.56 Å². The van der Waals surface area contributed by atoms with Crippen molar-refractivity contribution in [2.24, 2.45) is 0 Å². The van der Waals surface area contributed by atoms with E-state index in [9.17, 15) is 4.79 Å². The van der Waals surface area contributed by atoms with Gasteiger partial charge in [0.05, 0.1) is 12.3 Å². The van der Waals surface area contributed by atoms with E-state index in [0.717, 1.165) is 0 Å². The predicted molar refractivity (Wildman–Crippen MR) is 35.5 cm³/mol. The molecule has 0 fully saturated rings. The number of aryl methyl sites for hydroxylation is 1. The van der Waals surface area contributed by atoms with Gasteiger partial charge in [-0.1, -0.05) is 0 Å². The first-order valence-electron chi connectivity index (χ1n) is 2.90. The average Bonchev–Trinajstić information content (AvgIpc) is 1.94. The van der Waals surface area contributed by atoms with Crippen LogP contribution in [0.2, 0.25) is 0 Å². The first-order valence-corrected chi connectivity index (χ1v) is 2.90. The number of aromatic nitrogens is 2. The van der Waals surface area contributed by atoms with Gasteiger partial charge in [0, 0.05) is 110 Å². The molecule has 0 aliphatic rings. The molecule has 3 radical (unpaired) electrons. The van der Waals surface area contributed by atoms with Crippen LogP contribution in [0, 0.1) is 6.92 Å². The van der Waals surface area contributed by atoms with Crippen LogP contribution in [-0.2, 0) is 105 Å². The molecule has 0 aliphatic heterocycles. The zero-order valence-electron chi connectivity index (χ0n) is 7.32. The molecule has 4 nitrogen and oxygen atoms in total. The van der Waals surface area contributed by atoms with Gasteiger partial charge in [0.1, 0.15) is 0 Å². The van der Waals surface area contributed by atoms with Crippen LogP contribution in [0.1, 0.15) is 11.3 Å². The molecule has 0 aliphatic carbocycles. The van der Waals surface area contributed by atoms with Crippen molar-refractivity contribution in [1.82, 2.24) is 10.2 Å². The number of nitrogens with zero attached hydrogens (tertiary/aromatic N) is 1. The second-order valence-corrected chi connectivity index (χ2v) is 2.00. The minimum absolute atomic E-state index is 0. The van der Waals surface area contributed by atoms with E-state index in [-0.39, 0.29) is 110 Å². The Kier molecular flexibility index (Phi) is 16.9. The number of hydrogen-bond acceptors (Lipinski definition) is 3. The molecule has 1 rings (SSSR count). The summed E-state index contributed by atoms with van der Waals surface area (Å²) >= 11 is 0. The minimum atomic E-state index is -0.283. The molecule has 7 heteroatoms. The number of hydrogen-bond donors (Lipinski definition) is 2. The smallest absolute Gasteiger partial charge is 0.264 e. The summed E-state index contributed by atoms with van der Waals surface area (Å²) in [4.78, 5) is 10.6. The summed E-state index contributed by atoms with van der Waals surface area (Å²) in [6, 6.07) is 1.34. The Morgan fingerprint density at radius 2 is 2.00 bits per heavy atom. The molecule has 0 aromatic carbocycles. The summed E-state index contributed by atoms with van der Waals surface area (Å²) in [6.45, 7) is 1.59. The van der Waals surface area contributed by atoms with Crippen molar-refractivity contribution in [1.29, 1.82) is 0 Å². The summed E-state index contributed by atoms with van der Waals surface area (Å²) in [5.74, 6) is 0. The predicted octanol–water partition coefficient (Wildman–Crippen LogP) is -0.437. The van der Waals surface area contributed by atoms with Crippen molar-refractivity contribution >= 4 is 0 Å². The molecule has 0 saturated heterocycles. The van der Waals surface area contributed by atoms with Gasteiger partial charge in [-0.05, 0) is 6.92 Å². The van der Waals surface area contributed by atoms with E-state index >= 15 is 0 Å². The fraction of sp³-hybridized carbons (Fsp3) is 0.333. The number of nitrogens with one attached hydrogen (secondary N) is 1. The molecule has 0 spiro atoms. The van der Waals surface area contributed by atoms with E-state index in [4.69, 9.17) is 5.11 Å². The van der Waals surface area contributed by atoms with Gasteiger partial charge in [-0.25, -0.2) is 5.10 Å². The monoisotopic (exact) mass is 407 g/mol. The maximum absolute atomic E-state index is 10.6. The standard InChI is InChI=1S/C6H8N2O2.3Y/c1-4-5(3-9)2-6(10)8-7-4;;;/h2,9H,3H2,1H3,(H,8,10);;;. The minimum Gasteiger partial charge on any atom is -0.392 e. The topological polar surface area (TPSA) is 66.0 Å².